The van der Waals surface area contributed by atoms with Crippen molar-refractivity contribution in [3.05, 3.63) is 0 Å². The maximum atomic E-state index is 11.2. The third-order valence-electron chi connectivity index (χ3n) is 3.80. The number of hydrogen-bond acceptors (Lipinski definition) is 4. The molecule has 112 valence electrons. The van der Waals surface area contributed by atoms with Crippen LogP contribution in [0.5, 0.6) is 0 Å². The lowest BCUT2D eigenvalue weighted by Crippen LogP contribution is -2.54. The average Bonchev–Trinajstić information content (AvgIpc) is 2.28. The zero-order valence-corrected chi connectivity index (χ0v) is 12.8. The number of rotatable bonds is 6. The van der Waals surface area contributed by atoms with Crippen molar-refractivity contribution in [2.24, 2.45) is 5.92 Å². The lowest BCUT2D eigenvalue weighted by atomic mass is 10.0. The predicted molar refractivity (Wildman–Crippen MR) is 75.4 cm³/mol. The van der Waals surface area contributed by atoms with Crippen molar-refractivity contribution in [2.75, 3.05) is 39.8 Å². The van der Waals surface area contributed by atoms with E-state index in [0.29, 0.717) is 12.5 Å². The minimum Gasteiger partial charge on any atom is -0.480 e. The summed E-state index contributed by atoms with van der Waals surface area (Å²) in [6.07, 6.45) is 0.0936. The molecule has 0 saturated carbocycles. The van der Waals surface area contributed by atoms with Crippen molar-refractivity contribution in [3.63, 3.8) is 0 Å². The predicted octanol–water partition coefficient (Wildman–Crippen LogP) is 1.14. The molecular weight excluding hydrogens is 244 g/mol. The van der Waals surface area contributed by atoms with Gasteiger partial charge in [-0.1, -0.05) is 13.8 Å². The van der Waals surface area contributed by atoms with Gasteiger partial charge in [0.25, 0.3) is 0 Å². The van der Waals surface area contributed by atoms with E-state index in [0.717, 1.165) is 26.2 Å². The van der Waals surface area contributed by atoms with Crippen LogP contribution in [-0.4, -0.2) is 72.4 Å². The van der Waals surface area contributed by atoms with Crippen LogP contribution in [0.1, 0.15) is 27.7 Å². The van der Waals surface area contributed by atoms with Crippen molar-refractivity contribution >= 4 is 5.97 Å². The Morgan fingerprint density at radius 3 is 2.68 bits per heavy atom. The molecular formula is C14H28N2O3. The van der Waals surface area contributed by atoms with Crippen LogP contribution in [0.3, 0.4) is 0 Å². The molecule has 0 aromatic heterocycles. The zero-order chi connectivity index (χ0) is 14.6. The Morgan fingerprint density at radius 2 is 2.16 bits per heavy atom. The molecule has 0 spiro atoms. The number of aliphatic carboxylic acids is 1. The molecule has 1 fully saturated rings. The van der Waals surface area contributed by atoms with Gasteiger partial charge in [0.2, 0.25) is 0 Å². The van der Waals surface area contributed by atoms with E-state index in [4.69, 9.17) is 4.74 Å². The highest BCUT2D eigenvalue weighted by Crippen LogP contribution is 2.16. The fourth-order valence-electron chi connectivity index (χ4n) is 2.27. The minimum absolute atomic E-state index is 0.0936. The first-order chi connectivity index (χ1) is 8.73. The van der Waals surface area contributed by atoms with Crippen LogP contribution in [0.2, 0.25) is 0 Å². The van der Waals surface area contributed by atoms with Crippen LogP contribution in [0.15, 0.2) is 0 Å². The van der Waals surface area contributed by atoms with E-state index in [1.165, 1.54) is 0 Å². The van der Waals surface area contributed by atoms with E-state index < -0.39 is 11.5 Å². The molecule has 1 saturated heterocycles. The molecule has 1 heterocycles. The Bertz CT molecular complexity index is 305. The van der Waals surface area contributed by atoms with Gasteiger partial charge in [-0.05, 0) is 26.8 Å². The monoisotopic (exact) mass is 272 g/mol. The van der Waals surface area contributed by atoms with Crippen LogP contribution >= 0.6 is 0 Å². The highest BCUT2D eigenvalue weighted by atomic mass is 16.5. The fraction of sp³-hybridized carbons (Fsp3) is 0.929. The molecule has 5 heteroatoms. The maximum Gasteiger partial charge on any atom is 0.323 e. The fourth-order valence-corrected chi connectivity index (χ4v) is 2.27. The van der Waals surface area contributed by atoms with Crippen molar-refractivity contribution < 1.29 is 14.6 Å². The topological polar surface area (TPSA) is 53.0 Å². The molecule has 0 amide bonds. The molecule has 1 unspecified atom stereocenters. The second-order valence-electron chi connectivity index (χ2n) is 6.39. The Balaban J connectivity index is 2.50. The Labute approximate surface area is 116 Å². The van der Waals surface area contributed by atoms with Crippen molar-refractivity contribution in [1.29, 1.82) is 0 Å². The van der Waals surface area contributed by atoms with Crippen molar-refractivity contribution in [1.82, 2.24) is 9.80 Å². The molecule has 1 aliphatic rings. The second-order valence-corrected chi connectivity index (χ2v) is 6.39. The summed E-state index contributed by atoms with van der Waals surface area (Å²) in [5.74, 6) is -0.156. The highest BCUT2D eigenvalue weighted by Gasteiger charge is 2.34. The van der Waals surface area contributed by atoms with Crippen LogP contribution < -0.4 is 0 Å². The Hall–Kier alpha value is -0.650. The number of carboxylic acid groups (broad SMARTS) is 1. The summed E-state index contributed by atoms with van der Waals surface area (Å²) >= 11 is 0. The van der Waals surface area contributed by atoms with Gasteiger partial charge in [0.1, 0.15) is 5.54 Å². The quantitative estimate of drug-likeness (QED) is 0.786. The smallest absolute Gasteiger partial charge is 0.323 e. The Kier molecular flexibility index (Phi) is 5.77. The number of likely N-dealkylation sites (N-methyl/N-ethyl adjacent to an activating group) is 1. The summed E-state index contributed by atoms with van der Waals surface area (Å²) < 4.78 is 5.76. The number of morpholine rings is 1. The first-order valence-corrected chi connectivity index (χ1v) is 7.02. The van der Waals surface area contributed by atoms with Crippen LogP contribution in [0.25, 0.3) is 0 Å². The van der Waals surface area contributed by atoms with Gasteiger partial charge >= 0.3 is 5.97 Å². The summed E-state index contributed by atoms with van der Waals surface area (Å²) in [5.41, 5.74) is -0.857. The molecule has 1 rings (SSSR count). The lowest BCUT2D eigenvalue weighted by Gasteiger charge is -2.39. The highest BCUT2D eigenvalue weighted by molar-refractivity contribution is 5.77. The standard InChI is InChI=1S/C14H28N2O3/c1-11(2)8-16-6-7-19-12(10-16)9-15(5)14(3,4)13(17)18/h11-12H,6-10H2,1-5H3,(H,17,18). The first-order valence-electron chi connectivity index (χ1n) is 7.02. The molecule has 19 heavy (non-hydrogen) atoms. The number of ether oxygens (including phenoxy) is 1. The van der Waals surface area contributed by atoms with Gasteiger partial charge in [-0.25, -0.2) is 0 Å². The van der Waals surface area contributed by atoms with Gasteiger partial charge in [-0.2, -0.15) is 0 Å². The Morgan fingerprint density at radius 1 is 1.53 bits per heavy atom. The second kappa shape index (κ2) is 6.68. The van der Waals surface area contributed by atoms with Gasteiger partial charge in [0.05, 0.1) is 12.7 Å². The third-order valence-corrected chi connectivity index (χ3v) is 3.80. The summed E-state index contributed by atoms with van der Waals surface area (Å²) in [6, 6.07) is 0. The van der Waals surface area contributed by atoms with Gasteiger partial charge in [0, 0.05) is 26.2 Å². The van der Waals surface area contributed by atoms with E-state index in [-0.39, 0.29) is 6.10 Å². The van der Waals surface area contributed by atoms with Gasteiger partial charge in [-0.15, -0.1) is 0 Å². The molecule has 1 N–H and O–H groups in total. The average molecular weight is 272 g/mol. The van der Waals surface area contributed by atoms with Gasteiger partial charge in [0.15, 0.2) is 0 Å². The van der Waals surface area contributed by atoms with E-state index in [2.05, 4.69) is 18.7 Å². The van der Waals surface area contributed by atoms with E-state index >= 15 is 0 Å². The normalized spacial score (nSPS) is 22.2. The molecule has 0 radical (unpaired) electrons. The molecule has 1 atom stereocenters. The van der Waals surface area contributed by atoms with Gasteiger partial charge in [-0.3, -0.25) is 14.6 Å². The lowest BCUT2D eigenvalue weighted by molar-refractivity contribution is -0.150. The summed E-state index contributed by atoms with van der Waals surface area (Å²) in [6.45, 7) is 12.2. The summed E-state index contributed by atoms with van der Waals surface area (Å²) in [7, 11) is 1.85. The van der Waals surface area contributed by atoms with E-state index in [9.17, 15) is 9.90 Å². The minimum atomic E-state index is -0.857. The number of nitrogens with zero attached hydrogens (tertiary/aromatic N) is 2. The van der Waals surface area contributed by atoms with Crippen molar-refractivity contribution in [3.8, 4) is 0 Å². The molecule has 5 nitrogen and oxygen atoms in total. The maximum absolute atomic E-state index is 11.2. The SMILES string of the molecule is CC(C)CN1CCOC(CN(C)C(C)(C)C(=O)O)C1. The third kappa shape index (κ3) is 4.75. The number of hydrogen-bond donors (Lipinski definition) is 1. The van der Waals surface area contributed by atoms with Crippen LogP contribution in [0, 0.1) is 5.92 Å². The van der Waals surface area contributed by atoms with Crippen LogP contribution in [-0.2, 0) is 9.53 Å². The molecule has 0 aliphatic carbocycles. The molecule has 1 aliphatic heterocycles. The molecule has 0 aromatic rings. The van der Waals surface area contributed by atoms with E-state index in [1.807, 2.05) is 11.9 Å². The number of carbonyl (C=O) groups is 1. The number of carboxylic acids is 1. The van der Waals surface area contributed by atoms with Crippen LogP contribution in [0.4, 0.5) is 0 Å². The zero-order valence-electron chi connectivity index (χ0n) is 12.8. The first kappa shape index (κ1) is 16.4. The van der Waals surface area contributed by atoms with E-state index in [1.54, 1.807) is 13.8 Å². The molecule has 0 bridgehead atoms. The van der Waals surface area contributed by atoms with Gasteiger partial charge < -0.3 is 9.84 Å². The van der Waals surface area contributed by atoms with Crippen molar-refractivity contribution in [2.45, 2.75) is 39.3 Å². The molecule has 0 aromatic carbocycles. The largest absolute Gasteiger partial charge is 0.480 e. The summed E-state index contributed by atoms with van der Waals surface area (Å²) in [4.78, 5) is 15.5. The summed E-state index contributed by atoms with van der Waals surface area (Å²) in [5, 5.41) is 9.22.